The normalized spacial score (nSPS) is 50.6. The molecule has 0 aromatic carbocycles. The molecule has 33 heavy (non-hydrogen) atoms. The molecule has 0 aliphatic heterocycles. The summed E-state index contributed by atoms with van der Waals surface area (Å²) in [6.45, 7) is 19.2. The average molecular weight is 455 g/mol. The first-order chi connectivity index (χ1) is 15.2. The molecular weight excluding hydrogens is 404 g/mol. The van der Waals surface area contributed by atoms with E-state index in [0.29, 0.717) is 34.9 Å². The van der Waals surface area contributed by atoms with Gasteiger partial charge in [-0.25, -0.2) is 0 Å². The second kappa shape index (κ2) is 7.21. The molecule has 0 aromatic rings. The highest BCUT2D eigenvalue weighted by molar-refractivity contribution is 5.88. The Morgan fingerprint density at radius 3 is 2.33 bits per heavy atom. The van der Waals surface area contributed by atoms with E-state index in [4.69, 9.17) is 0 Å². The van der Waals surface area contributed by atoms with Crippen LogP contribution in [0.3, 0.4) is 0 Å². The molecular formula is C31H50O2. The van der Waals surface area contributed by atoms with Gasteiger partial charge in [0.05, 0.1) is 6.10 Å². The number of ketones is 1. The minimum Gasteiger partial charge on any atom is -0.392 e. The molecule has 0 bridgehead atoms. The number of aliphatic hydroxyl groups excluding tert-OH is 1. The van der Waals surface area contributed by atoms with Crippen LogP contribution in [-0.2, 0) is 4.79 Å². The molecule has 5 aliphatic carbocycles. The van der Waals surface area contributed by atoms with E-state index in [1.165, 1.54) is 37.7 Å². The first-order valence-electron chi connectivity index (χ1n) is 14.1. The van der Waals surface area contributed by atoms with Crippen molar-refractivity contribution in [3.05, 3.63) is 11.6 Å². The van der Waals surface area contributed by atoms with E-state index in [0.717, 1.165) is 31.6 Å². The summed E-state index contributed by atoms with van der Waals surface area (Å²) in [6, 6.07) is 0. The summed E-state index contributed by atoms with van der Waals surface area (Å²) < 4.78 is 0. The van der Waals surface area contributed by atoms with Crippen LogP contribution in [-0.4, -0.2) is 17.0 Å². The van der Waals surface area contributed by atoms with Gasteiger partial charge in [-0.3, -0.25) is 4.79 Å². The average Bonchev–Trinajstić information content (AvgIpc) is 3.24. The molecule has 186 valence electrons. The van der Waals surface area contributed by atoms with Crippen LogP contribution in [0.15, 0.2) is 11.6 Å². The molecule has 0 radical (unpaired) electrons. The quantitative estimate of drug-likeness (QED) is 0.444. The molecule has 2 unspecified atom stereocenters. The van der Waals surface area contributed by atoms with E-state index in [1.807, 2.05) is 0 Å². The summed E-state index contributed by atoms with van der Waals surface area (Å²) >= 11 is 0. The molecule has 5 rings (SSSR count). The monoisotopic (exact) mass is 454 g/mol. The van der Waals surface area contributed by atoms with Crippen LogP contribution < -0.4 is 0 Å². The van der Waals surface area contributed by atoms with Gasteiger partial charge in [0.15, 0.2) is 0 Å². The molecule has 0 heterocycles. The summed E-state index contributed by atoms with van der Waals surface area (Å²) in [7, 11) is 0. The molecule has 5 aliphatic rings. The zero-order valence-electron chi connectivity index (χ0n) is 22.8. The summed E-state index contributed by atoms with van der Waals surface area (Å²) in [6.07, 6.45) is 12.5. The fourth-order valence-corrected chi connectivity index (χ4v) is 10.1. The number of hydrogen-bond donors (Lipinski definition) is 1. The second-order valence-corrected chi connectivity index (χ2v) is 15.1. The largest absolute Gasteiger partial charge is 0.392 e. The Morgan fingerprint density at radius 2 is 1.70 bits per heavy atom. The Labute approximate surface area is 203 Å². The van der Waals surface area contributed by atoms with Gasteiger partial charge < -0.3 is 5.11 Å². The summed E-state index contributed by atoms with van der Waals surface area (Å²) in [5.41, 5.74) is 1.85. The zero-order valence-corrected chi connectivity index (χ0v) is 22.8. The second-order valence-electron chi connectivity index (χ2n) is 15.1. The molecule has 4 saturated carbocycles. The van der Waals surface area contributed by atoms with Crippen molar-refractivity contribution in [2.45, 2.75) is 119 Å². The number of Topliss-reactive ketones (excluding diaryl/α,β-unsaturated/α-hetero) is 1. The molecule has 0 spiro atoms. The lowest BCUT2D eigenvalue weighted by molar-refractivity contribution is -0.171. The van der Waals surface area contributed by atoms with Crippen LogP contribution >= 0.6 is 0 Å². The lowest BCUT2D eigenvalue weighted by Crippen LogP contribution is -2.63. The minimum absolute atomic E-state index is 0.127. The highest BCUT2D eigenvalue weighted by Crippen LogP contribution is 2.74. The molecule has 2 heteroatoms. The number of hydrogen-bond acceptors (Lipinski definition) is 2. The van der Waals surface area contributed by atoms with Crippen molar-refractivity contribution >= 4 is 5.78 Å². The standard InChI is InChI=1S/C31H50O2/c1-19(9-10-20-17-27(20,2)3)21-15-16-29(6)24-13-11-22-23(12-14-25(32)28(22,4)5)31(24,8)26(33)18-30(21,29)7/h11,19-21,23-25,32H,9-10,12-18H2,1-8H3/t19-,20+,21-,23?,24+,25?,29+,30-,31+/m1/s1. The van der Waals surface area contributed by atoms with Crippen LogP contribution in [0.4, 0.5) is 0 Å². The van der Waals surface area contributed by atoms with Gasteiger partial charge in [-0.1, -0.05) is 73.5 Å². The van der Waals surface area contributed by atoms with E-state index >= 15 is 0 Å². The van der Waals surface area contributed by atoms with Gasteiger partial charge in [-0.15, -0.1) is 0 Å². The van der Waals surface area contributed by atoms with E-state index in [1.54, 1.807) is 0 Å². The van der Waals surface area contributed by atoms with E-state index in [-0.39, 0.29) is 27.8 Å². The maximum atomic E-state index is 14.2. The maximum absolute atomic E-state index is 14.2. The number of allylic oxidation sites excluding steroid dienone is 1. The zero-order chi connectivity index (χ0) is 24.2. The van der Waals surface area contributed by atoms with Gasteiger partial charge in [0.2, 0.25) is 0 Å². The number of fused-ring (bicyclic) bond motifs is 5. The summed E-state index contributed by atoms with van der Waals surface area (Å²) in [5, 5.41) is 10.8. The van der Waals surface area contributed by atoms with Gasteiger partial charge in [-0.2, -0.15) is 0 Å². The van der Waals surface area contributed by atoms with Gasteiger partial charge in [-0.05, 0) is 90.8 Å². The van der Waals surface area contributed by atoms with Crippen molar-refractivity contribution in [1.82, 2.24) is 0 Å². The SMILES string of the molecule is C[C@H](CC[C@H]1CC1(C)C)[C@H]1CC[C@@]2(C)[C@@H]3CC=C4C(CCC(O)C4(C)C)[C@]3(C)C(=O)C[C@]12C. The Hall–Kier alpha value is -0.630. The van der Waals surface area contributed by atoms with Crippen LogP contribution in [0, 0.1) is 56.7 Å². The van der Waals surface area contributed by atoms with E-state index < -0.39 is 0 Å². The van der Waals surface area contributed by atoms with Crippen LogP contribution in [0.25, 0.3) is 0 Å². The van der Waals surface area contributed by atoms with Crippen molar-refractivity contribution in [3.8, 4) is 0 Å². The van der Waals surface area contributed by atoms with Crippen LogP contribution in [0.5, 0.6) is 0 Å². The third-order valence-corrected chi connectivity index (χ3v) is 13.1. The molecule has 1 N–H and O–H groups in total. The Bertz CT molecular complexity index is 866. The summed E-state index contributed by atoms with van der Waals surface area (Å²) in [4.78, 5) is 14.2. The van der Waals surface area contributed by atoms with Crippen molar-refractivity contribution in [3.63, 3.8) is 0 Å². The minimum atomic E-state index is -0.284. The fraction of sp³-hybridized carbons (Fsp3) is 0.903. The number of rotatable bonds is 4. The number of carbonyl (C=O) groups excluding carboxylic acids is 1. The lowest BCUT2D eigenvalue weighted by Gasteiger charge is -2.64. The molecule has 2 nitrogen and oxygen atoms in total. The highest BCUT2D eigenvalue weighted by atomic mass is 16.3. The molecule has 9 atom stereocenters. The Balaban J connectivity index is 1.44. The van der Waals surface area contributed by atoms with E-state index in [2.05, 4.69) is 61.5 Å². The van der Waals surface area contributed by atoms with Crippen molar-refractivity contribution in [1.29, 1.82) is 0 Å². The van der Waals surface area contributed by atoms with E-state index in [9.17, 15) is 9.90 Å². The molecule has 0 amide bonds. The topological polar surface area (TPSA) is 37.3 Å². The predicted molar refractivity (Wildman–Crippen MR) is 136 cm³/mol. The number of aliphatic hydroxyl groups is 1. The summed E-state index contributed by atoms with van der Waals surface area (Å²) in [5.74, 6) is 3.60. The molecule has 4 fully saturated rings. The van der Waals surface area contributed by atoms with Gasteiger partial charge in [0, 0.05) is 17.3 Å². The molecule has 0 aromatic heterocycles. The fourth-order valence-electron chi connectivity index (χ4n) is 10.1. The van der Waals surface area contributed by atoms with Gasteiger partial charge in [0.25, 0.3) is 0 Å². The Kier molecular flexibility index (Phi) is 5.26. The molecule has 0 saturated heterocycles. The number of carbonyl (C=O) groups is 1. The maximum Gasteiger partial charge on any atom is 0.140 e. The van der Waals surface area contributed by atoms with Gasteiger partial charge in [0.1, 0.15) is 5.78 Å². The lowest BCUT2D eigenvalue weighted by atomic mass is 9.38. The smallest absolute Gasteiger partial charge is 0.140 e. The third-order valence-electron chi connectivity index (χ3n) is 13.1. The van der Waals surface area contributed by atoms with Crippen molar-refractivity contribution < 1.29 is 9.90 Å². The predicted octanol–water partition coefficient (Wildman–Crippen LogP) is 7.59. The van der Waals surface area contributed by atoms with Crippen LogP contribution in [0.2, 0.25) is 0 Å². The Morgan fingerprint density at radius 1 is 1.03 bits per heavy atom. The first kappa shape index (κ1) is 24.1. The first-order valence-corrected chi connectivity index (χ1v) is 14.1. The van der Waals surface area contributed by atoms with Crippen molar-refractivity contribution in [2.75, 3.05) is 0 Å². The third kappa shape index (κ3) is 3.10. The highest BCUT2D eigenvalue weighted by Gasteiger charge is 2.70. The van der Waals surface area contributed by atoms with Crippen LogP contribution in [0.1, 0.15) is 113 Å². The van der Waals surface area contributed by atoms with Gasteiger partial charge >= 0.3 is 0 Å². The van der Waals surface area contributed by atoms with Crippen molar-refractivity contribution in [2.24, 2.45) is 56.7 Å².